The molecule has 0 unspecified atom stereocenters. The van der Waals surface area contributed by atoms with Crippen molar-refractivity contribution in [3.05, 3.63) is 29.8 Å². The maximum atomic E-state index is 10.8. The van der Waals surface area contributed by atoms with Gasteiger partial charge >= 0.3 is 0 Å². The third-order valence-corrected chi connectivity index (χ3v) is 3.12. The minimum Gasteiger partial charge on any atom is -0.300 e. The number of aryl methyl sites for hydroxylation is 1. The molecule has 1 aromatic carbocycles. The fourth-order valence-corrected chi connectivity index (χ4v) is 2.12. The lowest BCUT2D eigenvalue weighted by Crippen LogP contribution is -1.92. The van der Waals surface area contributed by atoms with Crippen LogP contribution < -0.4 is 0 Å². The second-order valence-corrected chi connectivity index (χ2v) is 4.97. The van der Waals surface area contributed by atoms with Crippen LogP contribution in [0, 0.1) is 0 Å². The van der Waals surface area contributed by atoms with E-state index in [0.717, 1.165) is 18.6 Å². The van der Waals surface area contributed by atoms with Crippen LogP contribution >= 0.6 is 11.8 Å². The Morgan fingerprint density at radius 1 is 1.27 bits per heavy atom. The molecule has 0 aliphatic rings. The van der Waals surface area contributed by atoms with E-state index in [0.29, 0.717) is 6.42 Å². The molecule has 82 valence electrons. The zero-order valence-electron chi connectivity index (χ0n) is 9.45. The highest BCUT2D eigenvalue weighted by Gasteiger charge is 1.97. The molecule has 0 saturated carbocycles. The normalized spacial score (nSPS) is 10.3. The Labute approximate surface area is 96.3 Å². The van der Waals surface area contributed by atoms with Crippen LogP contribution in [-0.2, 0) is 11.2 Å². The van der Waals surface area contributed by atoms with Crippen molar-refractivity contribution in [1.82, 2.24) is 0 Å². The molecule has 0 fully saturated rings. The largest absolute Gasteiger partial charge is 0.300 e. The first-order valence-electron chi connectivity index (χ1n) is 5.43. The number of carbonyl (C=O) groups is 1. The summed E-state index contributed by atoms with van der Waals surface area (Å²) in [6, 6.07) is 8.66. The Balaban J connectivity index is 2.39. The van der Waals surface area contributed by atoms with E-state index >= 15 is 0 Å². The smallest absolute Gasteiger partial charge is 0.129 e. The van der Waals surface area contributed by atoms with Gasteiger partial charge in [0.1, 0.15) is 5.78 Å². The molecule has 0 spiro atoms. The van der Waals surface area contributed by atoms with E-state index in [1.807, 2.05) is 11.8 Å². The van der Waals surface area contributed by atoms with E-state index in [-0.39, 0.29) is 5.78 Å². The van der Waals surface area contributed by atoms with Crippen molar-refractivity contribution in [2.24, 2.45) is 0 Å². The molecule has 1 rings (SSSR count). The van der Waals surface area contributed by atoms with E-state index < -0.39 is 0 Å². The van der Waals surface area contributed by atoms with Crippen LogP contribution in [-0.4, -0.2) is 11.5 Å². The van der Waals surface area contributed by atoms with Gasteiger partial charge in [0.15, 0.2) is 0 Å². The van der Waals surface area contributed by atoms with E-state index in [1.165, 1.54) is 10.5 Å². The van der Waals surface area contributed by atoms with Crippen LogP contribution in [0.3, 0.4) is 0 Å². The Bertz CT molecular complexity index is 303. The first kappa shape index (κ1) is 12.3. The topological polar surface area (TPSA) is 17.1 Å². The van der Waals surface area contributed by atoms with Gasteiger partial charge in [0, 0.05) is 11.3 Å². The number of hydrogen-bond acceptors (Lipinski definition) is 2. The number of ketones is 1. The van der Waals surface area contributed by atoms with Gasteiger partial charge in [-0.05, 0) is 43.2 Å². The minimum absolute atomic E-state index is 0.285. The summed E-state index contributed by atoms with van der Waals surface area (Å²) in [5.41, 5.74) is 1.33. The molecule has 0 aliphatic heterocycles. The number of benzene rings is 1. The van der Waals surface area contributed by atoms with E-state index in [1.54, 1.807) is 6.92 Å². The maximum Gasteiger partial charge on any atom is 0.129 e. The third kappa shape index (κ3) is 5.03. The monoisotopic (exact) mass is 222 g/mol. The van der Waals surface area contributed by atoms with Crippen molar-refractivity contribution in [2.75, 3.05) is 5.75 Å². The molecule has 1 nitrogen and oxygen atoms in total. The average molecular weight is 222 g/mol. The van der Waals surface area contributed by atoms with Gasteiger partial charge in [0.05, 0.1) is 0 Å². The molecular weight excluding hydrogens is 204 g/mol. The lowest BCUT2D eigenvalue weighted by atomic mass is 10.1. The minimum atomic E-state index is 0.285. The van der Waals surface area contributed by atoms with Crippen LogP contribution in [0.25, 0.3) is 0 Å². The van der Waals surface area contributed by atoms with Gasteiger partial charge in [0.25, 0.3) is 0 Å². The Morgan fingerprint density at radius 2 is 1.93 bits per heavy atom. The Kier molecular flexibility index (Phi) is 5.48. The molecule has 0 aromatic heterocycles. The van der Waals surface area contributed by atoms with Crippen LogP contribution in [0.5, 0.6) is 0 Å². The summed E-state index contributed by atoms with van der Waals surface area (Å²) >= 11 is 1.86. The van der Waals surface area contributed by atoms with Crippen molar-refractivity contribution in [3.63, 3.8) is 0 Å². The Morgan fingerprint density at radius 3 is 2.47 bits per heavy atom. The molecule has 0 aliphatic carbocycles. The van der Waals surface area contributed by atoms with Crippen LogP contribution in [0.2, 0.25) is 0 Å². The number of thioether (sulfide) groups is 1. The van der Waals surface area contributed by atoms with Crippen LogP contribution in [0.15, 0.2) is 29.2 Å². The number of hydrogen-bond donors (Lipinski definition) is 0. The molecule has 0 saturated heterocycles. The molecule has 0 N–H and O–H groups in total. The lowest BCUT2D eigenvalue weighted by molar-refractivity contribution is -0.117. The summed E-state index contributed by atoms with van der Waals surface area (Å²) in [6.07, 6.45) is 2.68. The summed E-state index contributed by atoms with van der Waals surface area (Å²) in [6.45, 7) is 3.81. The summed E-state index contributed by atoms with van der Waals surface area (Å²) < 4.78 is 0. The van der Waals surface area contributed by atoms with E-state index in [4.69, 9.17) is 0 Å². The van der Waals surface area contributed by atoms with Gasteiger partial charge in [0.2, 0.25) is 0 Å². The zero-order valence-corrected chi connectivity index (χ0v) is 10.3. The maximum absolute atomic E-state index is 10.8. The van der Waals surface area contributed by atoms with E-state index in [2.05, 4.69) is 31.2 Å². The molecule has 0 heterocycles. The predicted molar refractivity (Wildman–Crippen MR) is 66.5 cm³/mol. The molecule has 0 bridgehead atoms. The summed E-state index contributed by atoms with van der Waals surface area (Å²) in [5, 5.41) is 0. The molecule has 15 heavy (non-hydrogen) atoms. The van der Waals surface area contributed by atoms with Gasteiger partial charge in [-0.3, -0.25) is 0 Å². The summed E-state index contributed by atoms with van der Waals surface area (Å²) in [5.74, 6) is 1.40. The van der Waals surface area contributed by atoms with Crippen molar-refractivity contribution in [3.8, 4) is 0 Å². The molecule has 0 atom stereocenters. The van der Waals surface area contributed by atoms with Crippen molar-refractivity contribution < 1.29 is 4.79 Å². The van der Waals surface area contributed by atoms with E-state index in [9.17, 15) is 4.79 Å². The van der Waals surface area contributed by atoms with Gasteiger partial charge < -0.3 is 4.79 Å². The SMILES string of the molecule is CCSc1ccc(CCCC(C)=O)cc1. The molecule has 2 heteroatoms. The summed E-state index contributed by atoms with van der Waals surface area (Å²) in [7, 11) is 0. The second kappa shape index (κ2) is 6.67. The Hall–Kier alpha value is -0.760. The fraction of sp³-hybridized carbons (Fsp3) is 0.462. The first-order valence-corrected chi connectivity index (χ1v) is 6.42. The summed E-state index contributed by atoms with van der Waals surface area (Å²) in [4.78, 5) is 12.1. The highest BCUT2D eigenvalue weighted by atomic mass is 32.2. The molecule has 1 aromatic rings. The lowest BCUT2D eigenvalue weighted by Gasteiger charge is -2.02. The molecular formula is C13H18OS. The number of Topliss-reactive ketones (excluding diaryl/α,β-unsaturated/α-hetero) is 1. The average Bonchev–Trinajstić information content (AvgIpc) is 2.20. The van der Waals surface area contributed by atoms with Gasteiger partial charge in [-0.25, -0.2) is 0 Å². The van der Waals surface area contributed by atoms with Crippen molar-refractivity contribution >= 4 is 17.5 Å². The highest BCUT2D eigenvalue weighted by Crippen LogP contribution is 2.18. The third-order valence-electron chi connectivity index (χ3n) is 2.23. The standard InChI is InChI=1S/C13H18OS/c1-3-15-13-9-7-12(8-10-13)6-4-5-11(2)14/h7-10H,3-6H2,1-2H3. The zero-order chi connectivity index (χ0) is 11.1. The predicted octanol–water partition coefficient (Wildman–Crippen LogP) is 3.71. The first-order chi connectivity index (χ1) is 7.22. The second-order valence-electron chi connectivity index (χ2n) is 3.63. The molecule has 0 radical (unpaired) electrons. The van der Waals surface area contributed by atoms with Crippen molar-refractivity contribution in [1.29, 1.82) is 0 Å². The highest BCUT2D eigenvalue weighted by molar-refractivity contribution is 7.99. The fourth-order valence-electron chi connectivity index (χ4n) is 1.46. The van der Waals surface area contributed by atoms with Gasteiger partial charge in [-0.15, -0.1) is 11.8 Å². The quantitative estimate of drug-likeness (QED) is 0.682. The van der Waals surface area contributed by atoms with Gasteiger partial charge in [-0.2, -0.15) is 0 Å². The number of carbonyl (C=O) groups excluding carboxylic acids is 1. The van der Waals surface area contributed by atoms with Crippen molar-refractivity contribution in [2.45, 2.75) is 38.0 Å². The number of rotatable bonds is 6. The van der Waals surface area contributed by atoms with Crippen LogP contribution in [0.1, 0.15) is 32.3 Å². The van der Waals surface area contributed by atoms with Gasteiger partial charge in [-0.1, -0.05) is 19.1 Å². The molecule has 0 amide bonds. The van der Waals surface area contributed by atoms with Crippen LogP contribution in [0.4, 0.5) is 0 Å².